The number of aromatic nitrogens is 3. The fraction of sp³-hybridized carbons (Fsp3) is 0.208. The zero-order valence-corrected chi connectivity index (χ0v) is 17.7. The highest BCUT2D eigenvalue weighted by Gasteiger charge is 2.36. The maximum absolute atomic E-state index is 5.68. The minimum Gasteiger partial charge on any atom is -0.496 e. The molecule has 0 aliphatic carbocycles. The van der Waals surface area contributed by atoms with E-state index in [9.17, 15) is 0 Å². The molecule has 4 heterocycles. The van der Waals surface area contributed by atoms with Crippen LogP contribution in [0.3, 0.4) is 0 Å². The number of rotatable bonds is 4. The average molecular weight is 425 g/mol. The summed E-state index contributed by atoms with van der Waals surface area (Å²) in [5.74, 6) is 2.53. The van der Waals surface area contributed by atoms with E-state index in [2.05, 4.69) is 42.9 Å². The quantitative estimate of drug-likeness (QED) is 0.542. The highest BCUT2D eigenvalue weighted by molar-refractivity contribution is 5.99. The third-order valence-corrected chi connectivity index (χ3v) is 5.92. The lowest BCUT2D eigenvalue weighted by atomic mass is 10.1. The maximum atomic E-state index is 5.68. The predicted molar refractivity (Wildman–Crippen MR) is 123 cm³/mol. The molecule has 2 aliphatic heterocycles. The maximum Gasteiger partial charge on any atom is 0.216 e. The normalized spacial score (nSPS) is 18.0. The Balaban J connectivity index is 1.44. The van der Waals surface area contributed by atoms with Crippen molar-refractivity contribution in [3.05, 3.63) is 84.2 Å². The standard InChI is InChI=1S/C24H23N7O/c1-32-21-11-5-2-8-18(21)22-28-23-26-15-29(14-17-7-6-12-25-13-17)16-30(23)24-27-19-9-3-4-10-20(19)31(22)24/h2-13,22H,14-16H2,1H3,(H,26,28)/t22-/m1/s1. The molecule has 0 saturated carbocycles. The monoisotopic (exact) mass is 425 g/mol. The number of imidazole rings is 1. The van der Waals surface area contributed by atoms with Gasteiger partial charge in [0.25, 0.3) is 0 Å². The number of hydrogen-bond donors (Lipinski definition) is 1. The SMILES string of the molecule is COc1ccccc1[C@@H]1NC2=NCN(Cc3cccnc3)CN2c2nc3ccccc3n21. The smallest absolute Gasteiger partial charge is 0.216 e. The summed E-state index contributed by atoms with van der Waals surface area (Å²) in [6, 6.07) is 20.4. The molecule has 2 aromatic heterocycles. The van der Waals surface area contributed by atoms with E-state index in [0.29, 0.717) is 13.3 Å². The zero-order chi connectivity index (χ0) is 21.5. The number of aliphatic imine (C=N–C) groups is 1. The summed E-state index contributed by atoms with van der Waals surface area (Å²) in [6.45, 7) is 2.06. The Morgan fingerprint density at radius 2 is 1.94 bits per heavy atom. The lowest BCUT2D eigenvalue weighted by Gasteiger charge is -2.41. The van der Waals surface area contributed by atoms with E-state index in [0.717, 1.165) is 46.4 Å². The van der Waals surface area contributed by atoms with Gasteiger partial charge in [0.05, 0.1) is 31.5 Å². The van der Waals surface area contributed by atoms with Gasteiger partial charge in [-0.1, -0.05) is 36.4 Å². The fourth-order valence-corrected chi connectivity index (χ4v) is 4.47. The number of fused-ring (bicyclic) bond motifs is 5. The van der Waals surface area contributed by atoms with Crippen LogP contribution >= 0.6 is 0 Å². The van der Waals surface area contributed by atoms with Crippen molar-refractivity contribution >= 4 is 22.9 Å². The summed E-state index contributed by atoms with van der Waals surface area (Å²) >= 11 is 0. The Bertz CT molecular complexity index is 1300. The Morgan fingerprint density at radius 1 is 1.06 bits per heavy atom. The lowest BCUT2D eigenvalue weighted by molar-refractivity contribution is 0.263. The first-order valence-electron chi connectivity index (χ1n) is 10.6. The Hall–Kier alpha value is -3.91. The van der Waals surface area contributed by atoms with Gasteiger partial charge in [0, 0.05) is 24.5 Å². The Labute approximate surface area is 185 Å². The summed E-state index contributed by atoms with van der Waals surface area (Å²) < 4.78 is 7.92. The Kier molecular flexibility index (Phi) is 4.50. The molecule has 0 spiro atoms. The van der Waals surface area contributed by atoms with Gasteiger partial charge in [0.15, 0.2) is 0 Å². The first-order valence-corrected chi connectivity index (χ1v) is 10.6. The minimum atomic E-state index is -0.173. The van der Waals surface area contributed by atoms with Crippen LogP contribution in [0.1, 0.15) is 17.3 Å². The molecule has 8 nitrogen and oxygen atoms in total. The molecule has 1 atom stereocenters. The van der Waals surface area contributed by atoms with Crippen LogP contribution in [0.15, 0.2) is 78.0 Å². The molecule has 2 aliphatic rings. The number of methoxy groups -OCH3 is 1. The summed E-state index contributed by atoms with van der Waals surface area (Å²) in [4.78, 5) is 18.5. The van der Waals surface area contributed by atoms with Crippen LogP contribution < -0.4 is 15.0 Å². The summed E-state index contributed by atoms with van der Waals surface area (Å²) in [5.41, 5.74) is 4.22. The number of para-hydroxylation sites is 3. The van der Waals surface area contributed by atoms with Crippen molar-refractivity contribution in [2.75, 3.05) is 25.3 Å². The van der Waals surface area contributed by atoms with Crippen LogP contribution in [0.5, 0.6) is 5.75 Å². The molecular formula is C24H23N7O. The Morgan fingerprint density at radius 3 is 2.81 bits per heavy atom. The highest BCUT2D eigenvalue weighted by atomic mass is 16.5. The van der Waals surface area contributed by atoms with Crippen molar-refractivity contribution in [2.45, 2.75) is 12.7 Å². The van der Waals surface area contributed by atoms with Crippen LogP contribution in [0.2, 0.25) is 0 Å². The number of guanidine groups is 1. The molecule has 2 aromatic carbocycles. The van der Waals surface area contributed by atoms with Crippen molar-refractivity contribution in [1.82, 2.24) is 24.8 Å². The molecule has 0 saturated heterocycles. The summed E-state index contributed by atoms with van der Waals surface area (Å²) in [7, 11) is 1.70. The van der Waals surface area contributed by atoms with Crippen molar-refractivity contribution in [1.29, 1.82) is 0 Å². The average Bonchev–Trinajstić information content (AvgIpc) is 3.24. The summed E-state index contributed by atoms with van der Waals surface area (Å²) in [5, 5.41) is 3.65. The second kappa shape index (κ2) is 7.65. The van der Waals surface area contributed by atoms with E-state index in [1.807, 2.05) is 48.7 Å². The van der Waals surface area contributed by atoms with Crippen LogP contribution in [0.25, 0.3) is 11.0 Å². The molecule has 0 radical (unpaired) electrons. The fourth-order valence-electron chi connectivity index (χ4n) is 4.47. The van der Waals surface area contributed by atoms with Gasteiger partial charge in [0.2, 0.25) is 11.9 Å². The molecule has 0 amide bonds. The van der Waals surface area contributed by atoms with Crippen molar-refractivity contribution < 1.29 is 4.74 Å². The van der Waals surface area contributed by atoms with Crippen LogP contribution in [-0.2, 0) is 6.54 Å². The number of anilines is 1. The highest BCUT2D eigenvalue weighted by Crippen LogP contribution is 2.36. The van der Waals surface area contributed by atoms with E-state index in [1.165, 1.54) is 0 Å². The second-order valence-corrected chi connectivity index (χ2v) is 7.94. The van der Waals surface area contributed by atoms with Gasteiger partial charge in [-0.05, 0) is 29.8 Å². The van der Waals surface area contributed by atoms with E-state index >= 15 is 0 Å². The molecule has 160 valence electrons. The molecule has 0 unspecified atom stereocenters. The van der Waals surface area contributed by atoms with Gasteiger partial charge < -0.3 is 10.1 Å². The van der Waals surface area contributed by atoms with Crippen molar-refractivity contribution in [3.63, 3.8) is 0 Å². The van der Waals surface area contributed by atoms with E-state index in [4.69, 9.17) is 14.7 Å². The molecule has 8 heteroatoms. The van der Waals surface area contributed by atoms with E-state index in [-0.39, 0.29) is 6.17 Å². The van der Waals surface area contributed by atoms with Gasteiger partial charge in [-0.25, -0.2) is 9.98 Å². The molecule has 4 aromatic rings. The van der Waals surface area contributed by atoms with Gasteiger partial charge in [0.1, 0.15) is 11.9 Å². The van der Waals surface area contributed by atoms with Crippen molar-refractivity contribution in [3.8, 4) is 5.75 Å². The third-order valence-electron chi connectivity index (χ3n) is 5.92. The zero-order valence-electron chi connectivity index (χ0n) is 17.7. The molecule has 6 rings (SSSR count). The van der Waals surface area contributed by atoms with Crippen LogP contribution in [0.4, 0.5) is 5.95 Å². The number of benzene rings is 2. The molecule has 0 fully saturated rings. The third kappa shape index (κ3) is 3.07. The molecule has 1 N–H and O–H groups in total. The molecule has 32 heavy (non-hydrogen) atoms. The second-order valence-electron chi connectivity index (χ2n) is 7.94. The summed E-state index contributed by atoms with van der Waals surface area (Å²) in [6.07, 6.45) is 3.53. The number of pyridine rings is 1. The predicted octanol–water partition coefficient (Wildman–Crippen LogP) is 3.18. The van der Waals surface area contributed by atoms with Crippen LogP contribution in [-0.4, -0.2) is 45.8 Å². The van der Waals surface area contributed by atoms with E-state index in [1.54, 1.807) is 13.3 Å². The van der Waals surface area contributed by atoms with Crippen LogP contribution in [0, 0.1) is 0 Å². The number of nitrogens with zero attached hydrogens (tertiary/aromatic N) is 6. The van der Waals surface area contributed by atoms with Gasteiger partial charge >= 0.3 is 0 Å². The molecule has 0 bridgehead atoms. The van der Waals surface area contributed by atoms with Gasteiger partial charge in [-0.2, -0.15) is 0 Å². The number of hydrogen-bond acceptors (Lipinski definition) is 7. The minimum absolute atomic E-state index is 0.173. The topological polar surface area (TPSA) is 70.8 Å². The van der Waals surface area contributed by atoms with Crippen molar-refractivity contribution in [2.24, 2.45) is 4.99 Å². The van der Waals surface area contributed by atoms with E-state index < -0.39 is 0 Å². The first-order chi connectivity index (χ1) is 15.8. The first kappa shape index (κ1) is 18.8. The van der Waals surface area contributed by atoms with Gasteiger partial charge in [-0.3, -0.25) is 19.4 Å². The number of nitrogens with one attached hydrogen (secondary N) is 1. The largest absolute Gasteiger partial charge is 0.496 e. The van der Waals surface area contributed by atoms with Gasteiger partial charge in [-0.15, -0.1) is 0 Å². The number of ether oxygens (including phenoxy) is 1. The lowest BCUT2D eigenvalue weighted by Crippen LogP contribution is -2.57. The molecular weight excluding hydrogens is 402 g/mol.